The van der Waals surface area contributed by atoms with E-state index < -0.39 is 0 Å². The molecule has 4 nitrogen and oxygen atoms in total. The number of carbonyl (C=O) groups excluding carboxylic acids is 1. The maximum absolute atomic E-state index is 11.3. The first-order valence-electron chi connectivity index (χ1n) is 5.97. The average molecular weight is 223 g/mol. The molecule has 4 heteroatoms. The van der Waals surface area contributed by atoms with Gasteiger partial charge in [0.15, 0.2) is 0 Å². The van der Waals surface area contributed by atoms with E-state index in [9.17, 15) is 4.79 Å². The van der Waals surface area contributed by atoms with E-state index in [0.717, 1.165) is 13.1 Å². The van der Waals surface area contributed by atoms with Crippen LogP contribution in [-0.2, 0) is 0 Å². The third-order valence-corrected chi connectivity index (χ3v) is 3.00. The van der Waals surface area contributed by atoms with Gasteiger partial charge in [0, 0.05) is 12.6 Å². The van der Waals surface area contributed by atoms with Gasteiger partial charge in [0.25, 0.3) is 0 Å². The van der Waals surface area contributed by atoms with Crippen molar-refractivity contribution in [2.75, 3.05) is 26.2 Å². The van der Waals surface area contributed by atoms with Gasteiger partial charge >= 0.3 is 6.03 Å². The van der Waals surface area contributed by atoms with E-state index in [0.29, 0.717) is 12.6 Å². The number of urea groups is 1. The second-order valence-corrected chi connectivity index (χ2v) is 4.05. The van der Waals surface area contributed by atoms with Gasteiger partial charge in [-0.05, 0) is 25.9 Å². The van der Waals surface area contributed by atoms with Crippen molar-refractivity contribution in [1.29, 1.82) is 0 Å². The first-order valence-corrected chi connectivity index (χ1v) is 5.97. The number of amides is 2. The van der Waals surface area contributed by atoms with Gasteiger partial charge in [0.1, 0.15) is 0 Å². The Morgan fingerprint density at radius 2 is 2.31 bits per heavy atom. The molecule has 0 saturated carbocycles. The first-order chi connectivity index (χ1) is 7.77. The Balaban J connectivity index is 2.24. The number of hydrogen-bond donors (Lipinski definition) is 2. The highest BCUT2D eigenvalue weighted by Gasteiger charge is 2.20. The van der Waals surface area contributed by atoms with E-state index in [2.05, 4.69) is 28.4 Å². The number of likely N-dealkylation sites (tertiary alicyclic amines) is 1. The number of nitrogens with zero attached hydrogens (tertiary/aromatic N) is 1. The molecule has 0 aliphatic carbocycles. The number of terminal acetylenes is 1. The number of likely N-dealkylation sites (N-methyl/N-ethyl adjacent to an activating group) is 1. The maximum Gasteiger partial charge on any atom is 0.315 e. The molecule has 2 amide bonds. The summed E-state index contributed by atoms with van der Waals surface area (Å²) in [6.07, 6.45) is 8.76. The molecule has 1 aliphatic heterocycles. The fourth-order valence-electron chi connectivity index (χ4n) is 2.11. The van der Waals surface area contributed by atoms with Crippen LogP contribution in [0.4, 0.5) is 4.79 Å². The number of nitrogens with one attached hydrogen (secondary N) is 2. The summed E-state index contributed by atoms with van der Waals surface area (Å²) in [5, 5.41) is 5.46. The van der Waals surface area contributed by atoms with E-state index in [1.807, 2.05) is 0 Å². The molecular weight excluding hydrogens is 202 g/mol. The maximum atomic E-state index is 11.3. The van der Waals surface area contributed by atoms with Crippen molar-refractivity contribution in [3.8, 4) is 12.3 Å². The summed E-state index contributed by atoms with van der Waals surface area (Å²) in [5.41, 5.74) is 0. The van der Waals surface area contributed by atoms with Gasteiger partial charge in [-0.3, -0.25) is 4.90 Å². The molecule has 1 rings (SSSR count). The second-order valence-electron chi connectivity index (χ2n) is 4.05. The monoisotopic (exact) mass is 223 g/mol. The Labute approximate surface area is 97.8 Å². The zero-order chi connectivity index (χ0) is 11.8. The quantitative estimate of drug-likeness (QED) is 0.692. The second kappa shape index (κ2) is 7.13. The Morgan fingerprint density at radius 3 is 3.00 bits per heavy atom. The van der Waals surface area contributed by atoms with Gasteiger partial charge < -0.3 is 10.6 Å². The SMILES string of the molecule is C#CCNC(=O)NC[C@@H]1CCCCN1CC. The lowest BCUT2D eigenvalue weighted by Crippen LogP contribution is -2.48. The highest BCUT2D eigenvalue weighted by atomic mass is 16.2. The first kappa shape index (κ1) is 12.9. The fourth-order valence-corrected chi connectivity index (χ4v) is 2.11. The Hall–Kier alpha value is -1.21. The lowest BCUT2D eigenvalue weighted by Gasteiger charge is -2.34. The summed E-state index contributed by atoms with van der Waals surface area (Å²) in [6.45, 7) is 5.36. The third kappa shape index (κ3) is 4.11. The molecule has 0 radical (unpaired) electrons. The van der Waals surface area contributed by atoms with E-state index in [1.54, 1.807) is 0 Å². The van der Waals surface area contributed by atoms with Gasteiger partial charge in [-0.1, -0.05) is 19.3 Å². The average Bonchev–Trinajstić information content (AvgIpc) is 2.34. The topological polar surface area (TPSA) is 44.4 Å². The molecule has 1 fully saturated rings. The van der Waals surface area contributed by atoms with E-state index in [1.165, 1.54) is 19.3 Å². The number of carbonyl (C=O) groups is 1. The van der Waals surface area contributed by atoms with Crippen molar-refractivity contribution >= 4 is 6.03 Å². The van der Waals surface area contributed by atoms with Crippen LogP contribution in [0.3, 0.4) is 0 Å². The molecule has 0 aromatic heterocycles. The van der Waals surface area contributed by atoms with Crippen LogP contribution in [0.5, 0.6) is 0 Å². The van der Waals surface area contributed by atoms with E-state index in [-0.39, 0.29) is 12.6 Å². The number of hydrogen-bond acceptors (Lipinski definition) is 2. The van der Waals surface area contributed by atoms with Crippen LogP contribution in [0.25, 0.3) is 0 Å². The molecule has 0 aromatic rings. The minimum absolute atomic E-state index is 0.167. The largest absolute Gasteiger partial charge is 0.337 e. The van der Waals surface area contributed by atoms with Crippen LogP contribution in [0, 0.1) is 12.3 Å². The predicted molar refractivity (Wildman–Crippen MR) is 65.1 cm³/mol. The summed E-state index contributed by atoms with van der Waals surface area (Å²) < 4.78 is 0. The van der Waals surface area contributed by atoms with Crippen LogP contribution < -0.4 is 10.6 Å². The van der Waals surface area contributed by atoms with Gasteiger partial charge in [0.05, 0.1) is 6.54 Å². The molecule has 1 heterocycles. The zero-order valence-corrected chi connectivity index (χ0v) is 9.96. The van der Waals surface area contributed by atoms with Crippen molar-refractivity contribution in [1.82, 2.24) is 15.5 Å². The van der Waals surface area contributed by atoms with Crippen LogP contribution >= 0.6 is 0 Å². The molecule has 1 atom stereocenters. The van der Waals surface area contributed by atoms with Gasteiger partial charge in [-0.2, -0.15) is 0 Å². The molecule has 0 bridgehead atoms. The molecule has 0 spiro atoms. The summed E-state index contributed by atoms with van der Waals surface area (Å²) in [7, 11) is 0. The van der Waals surface area contributed by atoms with Crippen molar-refractivity contribution in [2.24, 2.45) is 0 Å². The van der Waals surface area contributed by atoms with Crippen LogP contribution in [0.1, 0.15) is 26.2 Å². The zero-order valence-electron chi connectivity index (χ0n) is 9.96. The minimum Gasteiger partial charge on any atom is -0.337 e. The Morgan fingerprint density at radius 1 is 1.50 bits per heavy atom. The molecule has 0 unspecified atom stereocenters. The summed E-state index contributed by atoms with van der Waals surface area (Å²) in [5.74, 6) is 2.37. The summed E-state index contributed by atoms with van der Waals surface area (Å²) in [6, 6.07) is 0.315. The molecule has 1 saturated heterocycles. The van der Waals surface area contributed by atoms with E-state index in [4.69, 9.17) is 6.42 Å². The summed E-state index contributed by atoms with van der Waals surface area (Å²) >= 11 is 0. The van der Waals surface area contributed by atoms with Crippen molar-refractivity contribution in [3.63, 3.8) is 0 Å². The van der Waals surface area contributed by atoms with Gasteiger partial charge in [0.2, 0.25) is 0 Å². The highest BCUT2D eigenvalue weighted by Crippen LogP contribution is 2.15. The lowest BCUT2D eigenvalue weighted by molar-refractivity contribution is 0.153. The van der Waals surface area contributed by atoms with E-state index >= 15 is 0 Å². The van der Waals surface area contributed by atoms with Crippen molar-refractivity contribution in [2.45, 2.75) is 32.2 Å². The molecular formula is C12H21N3O. The summed E-state index contributed by atoms with van der Waals surface area (Å²) in [4.78, 5) is 13.7. The third-order valence-electron chi connectivity index (χ3n) is 3.00. The Bertz CT molecular complexity index is 259. The highest BCUT2D eigenvalue weighted by molar-refractivity contribution is 5.74. The van der Waals surface area contributed by atoms with Gasteiger partial charge in [-0.15, -0.1) is 6.42 Å². The Kier molecular flexibility index (Phi) is 5.73. The normalized spacial score (nSPS) is 21.1. The van der Waals surface area contributed by atoms with Crippen LogP contribution in [0.2, 0.25) is 0 Å². The van der Waals surface area contributed by atoms with Crippen molar-refractivity contribution in [3.05, 3.63) is 0 Å². The lowest BCUT2D eigenvalue weighted by atomic mass is 10.0. The van der Waals surface area contributed by atoms with Gasteiger partial charge in [-0.25, -0.2) is 4.79 Å². The smallest absolute Gasteiger partial charge is 0.315 e. The molecule has 1 aliphatic rings. The van der Waals surface area contributed by atoms with Crippen LogP contribution in [-0.4, -0.2) is 43.2 Å². The minimum atomic E-state index is -0.167. The molecule has 16 heavy (non-hydrogen) atoms. The number of rotatable bonds is 4. The standard InChI is InChI=1S/C12H21N3O/c1-3-8-13-12(16)14-10-11-7-5-6-9-15(11)4-2/h1,11H,4-10H2,2H3,(H2,13,14,16)/t11-/m0/s1. The molecule has 90 valence electrons. The van der Waals surface area contributed by atoms with Crippen molar-refractivity contribution < 1.29 is 4.79 Å². The number of piperidine rings is 1. The predicted octanol–water partition coefficient (Wildman–Crippen LogP) is 0.793. The molecule has 0 aromatic carbocycles. The van der Waals surface area contributed by atoms with Crippen LogP contribution in [0.15, 0.2) is 0 Å². The molecule has 2 N–H and O–H groups in total. The fraction of sp³-hybridized carbons (Fsp3) is 0.750.